The number of rotatable bonds is 2. The monoisotopic (exact) mass is 272 g/mol. The molecular formula is C13H17BN4O2. The molecule has 0 atom stereocenters. The van der Waals surface area contributed by atoms with Crippen LogP contribution in [0.1, 0.15) is 27.7 Å². The van der Waals surface area contributed by atoms with Gasteiger partial charge in [-0.3, -0.25) is 9.55 Å². The van der Waals surface area contributed by atoms with Crippen LogP contribution in [0.3, 0.4) is 0 Å². The summed E-state index contributed by atoms with van der Waals surface area (Å²) in [5.74, 6) is 0.690. The van der Waals surface area contributed by atoms with Crippen molar-refractivity contribution in [2.45, 2.75) is 38.9 Å². The highest BCUT2D eigenvalue weighted by molar-refractivity contribution is 6.61. The van der Waals surface area contributed by atoms with Gasteiger partial charge in [0.25, 0.3) is 0 Å². The zero-order valence-electron chi connectivity index (χ0n) is 12.1. The maximum atomic E-state index is 5.97. The maximum absolute atomic E-state index is 5.97. The molecule has 6 nitrogen and oxygen atoms in total. The molecule has 0 aromatic carbocycles. The van der Waals surface area contributed by atoms with Crippen molar-refractivity contribution in [1.82, 2.24) is 19.5 Å². The molecule has 1 aliphatic rings. The Bertz CT molecular complexity index is 597. The number of hydrogen-bond acceptors (Lipinski definition) is 5. The Kier molecular flexibility index (Phi) is 2.91. The van der Waals surface area contributed by atoms with E-state index in [4.69, 9.17) is 9.31 Å². The average molecular weight is 272 g/mol. The van der Waals surface area contributed by atoms with Gasteiger partial charge in [0.15, 0.2) is 5.82 Å². The number of hydrogen-bond donors (Lipinski definition) is 0. The number of imidazole rings is 1. The van der Waals surface area contributed by atoms with E-state index < -0.39 is 7.12 Å². The smallest absolute Gasteiger partial charge is 0.398 e. The first-order valence-corrected chi connectivity index (χ1v) is 6.55. The van der Waals surface area contributed by atoms with E-state index in [-0.39, 0.29) is 11.2 Å². The van der Waals surface area contributed by atoms with Crippen LogP contribution in [0.2, 0.25) is 0 Å². The van der Waals surface area contributed by atoms with Crippen LogP contribution < -0.4 is 5.59 Å². The Labute approximate surface area is 118 Å². The van der Waals surface area contributed by atoms with Crippen molar-refractivity contribution in [2.75, 3.05) is 0 Å². The first-order chi connectivity index (χ1) is 9.39. The lowest BCUT2D eigenvalue weighted by Crippen LogP contribution is -2.41. The van der Waals surface area contributed by atoms with Crippen molar-refractivity contribution in [2.24, 2.45) is 0 Å². The number of aromatic nitrogens is 4. The molecule has 0 spiro atoms. The quantitative estimate of drug-likeness (QED) is 0.762. The van der Waals surface area contributed by atoms with Crippen LogP contribution >= 0.6 is 0 Å². The molecule has 20 heavy (non-hydrogen) atoms. The second kappa shape index (κ2) is 4.39. The van der Waals surface area contributed by atoms with E-state index in [1.807, 2.05) is 33.9 Å². The largest absolute Gasteiger partial charge is 0.516 e. The molecule has 104 valence electrons. The van der Waals surface area contributed by atoms with Crippen LogP contribution in [0.4, 0.5) is 0 Å². The molecule has 0 radical (unpaired) electrons. The molecule has 0 bridgehead atoms. The second-order valence-electron chi connectivity index (χ2n) is 5.86. The predicted molar refractivity (Wildman–Crippen MR) is 74.9 cm³/mol. The van der Waals surface area contributed by atoms with Crippen molar-refractivity contribution in [3.05, 3.63) is 31.1 Å². The highest BCUT2D eigenvalue weighted by Crippen LogP contribution is 2.36. The molecule has 7 heteroatoms. The molecule has 2 aromatic heterocycles. The summed E-state index contributed by atoms with van der Waals surface area (Å²) >= 11 is 0. The standard InChI is InChI=1S/C13H17BN4O2/c1-12(2)13(3,4)20-14(19-12)10-7-16-8-11(17-10)18-6-5-15-9-18/h5-9H,1-4H3. The minimum atomic E-state index is -0.504. The van der Waals surface area contributed by atoms with E-state index in [0.29, 0.717) is 11.4 Å². The Hall–Kier alpha value is -1.73. The van der Waals surface area contributed by atoms with Crippen molar-refractivity contribution in [1.29, 1.82) is 0 Å². The average Bonchev–Trinajstić information content (AvgIpc) is 2.97. The molecule has 0 aliphatic carbocycles. The minimum Gasteiger partial charge on any atom is -0.398 e. The third-order valence-electron chi connectivity index (χ3n) is 3.90. The van der Waals surface area contributed by atoms with E-state index >= 15 is 0 Å². The first kappa shape index (κ1) is 13.3. The van der Waals surface area contributed by atoms with Crippen molar-refractivity contribution in [3.8, 4) is 5.82 Å². The molecule has 1 aliphatic heterocycles. The van der Waals surface area contributed by atoms with Gasteiger partial charge in [0.2, 0.25) is 0 Å². The van der Waals surface area contributed by atoms with Gasteiger partial charge in [-0.1, -0.05) is 0 Å². The minimum absolute atomic E-state index is 0.385. The van der Waals surface area contributed by atoms with Gasteiger partial charge in [-0.15, -0.1) is 0 Å². The molecule has 3 rings (SSSR count). The number of nitrogens with zero attached hydrogens (tertiary/aromatic N) is 4. The van der Waals surface area contributed by atoms with Gasteiger partial charge < -0.3 is 9.31 Å². The third-order valence-corrected chi connectivity index (χ3v) is 3.90. The summed E-state index contributed by atoms with van der Waals surface area (Å²) in [5, 5.41) is 0. The second-order valence-corrected chi connectivity index (χ2v) is 5.86. The van der Waals surface area contributed by atoms with Crippen molar-refractivity contribution >= 4 is 12.7 Å². The first-order valence-electron chi connectivity index (χ1n) is 6.55. The SMILES string of the molecule is CC1(C)OB(c2cncc(-n3ccnc3)n2)OC1(C)C. The van der Waals surface area contributed by atoms with Crippen LogP contribution in [0.15, 0.2) is 31.1 Å². The summed E-state index contributed by atoms with van der Waals surface area (Å²) < 4.78 is 13.7. The summed E-state index contributed by atoms with van der Waals surface area (Å²) in [5.41, 5.74) is -0.107. The Balaban J connectivity index is 1.91. The molecule has 1 saturated heterocycles. The molecule has 2 aromatic rings. The Morgan fingerprint density at radius 1 is 1.05 bits per heavy atom. The normalized spacial score (nSPS) is 20.3. The lowest BCUT2D eigenvalue weighted by Gasteiger charge is -2.32. The highest BCUT2D eigenvalue weighted by atomic mass is 16.7. The zero-order chi connectivity index (χ0) is 14.4. The maximum Gasteiger partial charge on any atom is 0.516 e. The summed E-state index contributed by atoms with van der Waals surface area (Å²) in [6, 6.07) is 0. The lowest BCUT2D eigenvalue weighted by molar-refractivity contribution is 0.00578. The van der Waals surface area contributed by atoms with E-state index in [1.165, 1.54) is 0 Å². The van der Waals surface area contributed by atoms with Gasteiger partial charge in [0, 0.05) is 18.6 Å². The van der Waals surface area contributed by atoms with Crippen LogP contribution in [0.5, 0.6) is 0 Å². The molecule has 1 fully saturated rings. The third kappa shape index (κ3) is 2.12. The molecule has 3 heterocycles. The Morgan fingerprint density at radius 3 is 2.35 bits per heavy atom. The summed E-state index contributed by atoms with van der Waals surface area (Å²) in [7, 11) is -0.504. The van der Waals surface area contributed by atoms with Gasteiger partial charge >= 0.3 is 7.12 Å². The highest BCUT2D eigenvalue weighted by Gasteiger charge is 2.52. The van der Waals surface area contributed by atoms with Gasteiger partial charge in [0.1, 0.15) is 6.33 Å². The summed E-state index contributed by atoms with van der Waals surface area (Å²) in [6.07, 6.45) is 8.54. The summed E-state index contributed by atoms with van der Waals surface area (Å²) in [6.45, 7) is 8.06. The van der Waals surface area contributed by atoms with Crippen molar-refractivity contribution < 1.29 is 9.31 Å². The topological polar surface area (TPSA) is 62.1 Å². The van der Waals surface area contributed by atoms with Crippen molar-refractivity contribution in [3.63, 3.8) is 0 Å². The molecular weight excluding hydrogens is 255 g/mol. The van der Waals surface area contributed by atoms with Gasteiger partial charge in [-0.05, 0) is 27.7 Å². The molecule has 0 amide bonds. The fourth-order valence-corrected chi connectivity index (χ4v) is 1.97. The molecule has 0 unspecified atom stereocenters. The summed E-state index contributed by atoms with van der Waals surface area (Å²) in [4.78, 5) is 12.8. The Morgan fingerprint density at radius 2 is 1.75 bits per heavy atom. The van der Waals surface area contributed by atoms with Gasteiger partial charge in [-0.25, -0.2) is 9.97 Å². The fourth-order valence-electron chi connectivity index (χ4n) is 1.97. The van der Waals surface area contributed by atoms with E-state index in [0.717, 1.165) is 0 Å². The lowest BCUT2D eigenvalue weighted by atomic mass is 9.85. The predicted octanol–water partition coefficient (Wildman–Crippen LogP) is 0.961. The molecule has 0 N–H and O–H groups in total. The van der Waals surface area contributed by atoms with Crippen LogP contribution in [0.25, 0.3) is 5.82 Å². The zero-order valence-corrected chi connectivity index (χ0v) is 12.1. The van der Waals surface area contributed by atoms with E-state index in [9.17, 15) is 0 Å². The van der Waals surface area contributed by atoms with Crippen LogP contribution in [-0.2, 0) is 9.31 Å². The molecule has 0 saturated carbocycles. The van der Waals surface area contributed by atoms with Gasteiger partial charge in [0.05, 0.1) is 23.0 Å². The van der Waals surface area contributed by atoms with Crippen LogP contribution in [0, 0.1) is 0 Å². The van der Waals surface area contributed by atoms with Crippen LogP contribution in [-0.4, -0.2) is 37.8 Å². The van der Waals surface area contributed by atoms with E-state index in [1.54, 1.807) is 29.5 Å². The fraction of sp³-hybridized carbons (Fsp3) is 0.462. The van der Waals surface area contributed by atoms with E-state index in [2.05, 4.69) is 15.0 Å². The van der Waals surface area contributed by atoms with Gasteiger partial charge in [-0.2, -0.15) is 0 Å².